The van der Waals surface area contributed by atoms with Crippen LogP contribution in [0.1, 0.15) is 16.7 Å². The van der Waals surface area contributed by atoms with Gasteiger partial charge in [-0.1, -0.05) is 91.0 Å². The van der Waals surface area contributed by atoms with Crippen molar-refractivity contribution in [3.8, 4) is 5.75 Å². The summed E-state index contributed by atoms with van der Waals surface area (Å²) in [5.41, 5.74) is 4.81. The third-order valence-electron chi connectivity index (χ3n) is 4.61. The number of hydrogen-bond acceptors (Lipinski definition) is 1. The van der Waals surface area contributed by atoms with Crippen LogP contribution in [0.25, 0.3) is 22.4 Å². The van der Waals surface area contributed by atoms with Gasteiger partial charge in [0, 0.05) is 5.39 Å². The molecule has 0 heterocycles. The number of rotatable bonds is 4. The van der Waals surface area contributed by atoms with Crippen molar-refractivity contribution in [1.82, 2.24) is 0 Å². The van der Waals surface area contributed by atoms with E-state index in [9.17, 15) is 0 Å². The molecule has 0 radical (unpaired) electrons. The molecule has 0 aromatic heterocycles. The first-order chi connectivity index (χ1) is 12.9. The van der Waals surface area contributed by atoms with Crippen LogP contribution >= 0.6 is 0 Å². The Morgan fingerprint density at radius 2 is 1.15 bits per heavy atom. The molecule has 0 aliphatic carbocycles. The molecule has 0 atom stereocenters. The molecule has 0 fully saturated rings. The van der Waals surface area contributed by atoms with Gasteiger partial charge in [-0.15, -0.1) is 0 Å². The van der Waals surface area contributed by atoms with Crippen molar-refractivity contribution in [3.63, 3.8) is 0 Å². The third-order valence-corrected chi connectivity index (χ3v) is 4.61. The highest BCUT2D eigenvalue weighted by molar-refractivity contribution is 6.01. The van der Waals surface area contributed by atoms with Gasteiger partial charge in [0.15, 0.2) is 0 Å². The van der Waals surface area contributed by atoms with E-state index in [1.54, 1.807) is 7.11 Å². The standard InChI is InChI=1S/C25H20O/c1-26-25-17-16-21(22-14-8-9-15-23(22)25)18-24(19-10-4-2-5-11-19)20-12-6-3-7-13-20/h2-18H,1H3. The molecule has 1 nitrogen and oxygen atoms in total. The predicted molar refractivity (Wildman–Crippen MR) is 110 cm³/mol. The minimum Gasteiger partial charge on any atom is -0.496 e. The van der Waals surface area contributed by atoms with Gasteiger partial charge in [-0.2, -0.15) is 0 Å². The maximum atomic E-state index is 5.54. The minimum absolute atomic E-state index is 0.902. The maximum Gasteiger partial charge on any atom is 0.126 e. The fourth-order valence-electron chi connectivity index (χ4n) is 3.32. The molecule has 0 saturated heterocycles. The molecule has 0 amide bonds. The summed E-state index contributed by atoms with van der Waals surface area (Å²) in [5, 5.41) is 2.32. The fourth-order valence-corrected chi connectivity index (χ4v) is 3.32. The van der Waals surface area contributed by atoms with E-state index in [1.165, 1.54) is 27.6 Å². The monoisotopic (exact) mass is 336 g/mol. The zero-order valence-corrected chi connectivity index (χ0v) is 14.7. The molecule has 0 unspecified atom stereocenters. The highest BCUT2D eigenvalue weighted by Gasteiger charge is 2.08. The lowest BCUT2D eigenvalue weighted by atomic mass is 9.94. The van der Waals surface area contributed by atoms with Gasteiger partial charge in [0.1, 0.15) is 5.75 Å². The van der Waals surface area contributed by atoms with E-state index in [4.69, 9.17) is 4.74 Å². The van der Waals surface area contributed by atoms with Crippen molar-refractivity contribution >= 4 is 22.4 Å². The second kappa shape index (κ2) is 7.28. The maximum absolute atomic E-state index is 5.54. The first kappa shape index (κ1) is 16.2. The van der Waals surface area contributed by atoms with E-state index < -0.39 is 0 Å². The molecule has 0 bridgehead atoms. The van der Waals surface area contributed by atoms with Crippen LogP contribution in [0.5, 0.6) is 5.75 Å². The summed E-state index contributed by atoms with van der Waals surface area (Å²) in [4.78, 5) is 0. The second-order valence-electron chi connectivity index (χ2n) is 6.19. The van der Waals surface area contributed by atoms with Crippen LogP contribution in [0.15, 0.2) is 97.1 Å². The van der Waals surface area contributed by atoms with Crippen molar-refractivity contribution < 1.29 is 4.74 Å². The molecule has 26 heavy (non-hydrogen) atoms. The molecule has 0 aliphatic heterocycles. The van der Waals surface area contributed by atoms with Gasteiger partial charge in [0.05, 0.1) is 7.11 Å². The van der Waals surface area contributed by atoms with Gasteiger partial charge < -0.3 is 4.74 Å². The molecule has 0 spiro atoms. The summed E-state index contributed by atoms with van der Waals surface area (Å²) in [5.74, 6) is 0.902. The van der Waals surface area contributed by atoms with Gasteiger partial charge in [-0.05, 0) is 39.8 Å². The van der Waals surface area contributed by atoms with E-state index in [1.807, 2.05) is 12.1 Å². The quantitative estimate of drug-likeness (QED) is 0.390. The SMILES string of the molecule is COc1ccc(C=C(c2ccccc2)c2ccccc2)c2ccccc12. The van der Waals surface area contributed by atoms with Crippen LogP contribution in [0.2, 0.25) is 0 Å². The Labute approximate surface area is 154 Å². The first-order valence-electron chi connectivity index (χ1n) is 8.75. The number of hydrogen-bond donors (Lipinski definition) is 0. The second-order valence-corrected chi connectivity index (χ2v) is 6.19. The van der Waals surface area contributed by atoms with Crippen LogP contribution in [-0.4, -0.2) is 7.11 Å². The summed E-state index contributed by atoms with van der Waals surface area (Å²) >= 11 is 0. The summed E-state index contributed by atoms with van der Waals surface area (Å²) in [6.45, 7) is 0. The van der Waals surface area contributed by atoms with Gasteiger partial charge in [-0.3, -0.25) is 0 Å². The predicted octanol–water partition coefficient (Wildman–Crippen LogP) is 6.44. The molecule has 4 aromatic rings. The summed E-state index contributed by atoms with van der Waals surface area (Å²) in [6.07, 6.45) is 2.27. The van der Waals surface area contributed by atoms with Crippen LogP contribution < -0.4 is 4.74 Å². The smallest absolute Gasteiger partial charge is 0.126 e. The van der Waals surface area contributed by atoms with Crippen molar-refractivity contribution in [2.24, 2.45) is 0 Å². The Balaban J connectivity index is 1.95. The molecule has 1 heteroatoms. The molecule has 0 saturated carbocycles. The van der Waals surface area contributed by atoms with E-state index in [2.05, 4.69) is 91.0 Å². The normalized spacial score (nSPS) is 10.5. The van der Waals surface area contributed by atoms with Gasteiger partial charge >= 0.3 is 0 Å². The Hall–Kier alpha value is -3.32. The minimum atomic E-state index is 0.902. The highest BCUT2D eigenvalue weighted by Crippen LogP contribution is 2.32. The zero-order valence-electron chi connectivity index (χ0n) is 14.7. The molecule has 0 aliphatic rings. The Kier molecular flexibility index (Phi) is 4.53. The lowest BCUT2D eigenvalue weighted by molar-refractivity contribution is 0.420. The van der Waals surface area contributed by atoms with E-state index in [0.29, 0.717) is 0 Å². The van der Waals surface area contributed by atoms with Crippen molar-refractivity contribution in [1.29, 1.82) is 0 Å². The van der Waals surface area contributed by atoms with Crippen LogP contribution in [-0.2, 0) is 0 Å². The molecule has 126 valence electrons. The van der Waals surface area contributed by atoms with Crippen molar-refractivity contribution in [2.45, 2.75) is 0 Å². The first-order valence-corrected chi connectivity index (χ1v) is 8.75. The highest BCUT2D eigenvalue weighted by atomic mass is 16.5. The lowest BCUT2D eigenvalue weighted by Crippen LogP contribution is -1.90. The van der Waals surface area contributed by atoms with Crippen molar-refractivity contribution in [2.75, 3.05) is 7.11 Å². The van der Waals surface area contributed by atoms with Gasteiger partial charge in [-0.25, -0.2) is 0 Å². The summed E-state index contributed by atoms with van der Waals surface area (Å²) in [7, 11) is 1.72. The fraction of sp³-hybridized carbons (Fsp3) is 0.0400. The molecule has 0 N–H and O–H groups in total. The van der Waals surface area contributed by atoms with Gasteiger partial charge in [0.25, 0.3) is 0 Å². The van der Waals surface area contributed by atoms with E-state index in [0.717, 1.165) is 11.1 Å². The van der Waals surface area contributed by atoms with Crippen LogP contribution in [0.3, 0.4) is 0 Å². The molecular formula is C25H20O. The number of methoxy groups -OCH3 is 1. The number of fused-ring (bicyclic) bond motifs is 1. The average Bonchev–Trinajstić information content (AvgIpc) is 2.73. The summed E-state index contributed by atoms with van der Waals surface area (Å²) in [6, 6.07) is 33.6. The van der Waals surface area contributed by atoms with E-state index >= 15 is 0 Å². The number of ether oxygens (including phenoxy) is 1. The van der Waals surface area contributed by atoms with Crippen molar-refractivity contribution in [3.05, 3.63) is 114 Å². The summed E-state index contributed by atoms with van der Waals surface area (Å²) < 4.78 is 5.54. The Morgan fingerprint density at radius 1 is 0.615 bits per heavy atom. The largest absolute Gasteiger partial charge is 0.496 e. The third kappa shape index (κ3) is 3.12. The molecule has 4 aromatic carbocycles. The lowest BCUT2D eigenvalue weighted by Gasteiger charge is -2.12. The van der Waals surface area contributed by atoms with Crippen LogP contribution in [0, 0.1) is 0 Å². The van der Waals surface area contributed by atoms with Crippen LogP contribution in [0.4, 0.5) is 0 Å². The molecule has 4 rings (SSSR count). The van der Waals surface area contributed by atoms with E-state index in [-0.39, 0.29) is 0 Å². The zero-order chi connectivity index (χ0) is 17.8. The Bertz CT molecular complexity index is 1010. The topological polar surface area (TPSA) is 9.23 Å². The molecular weight excluding hydrogens is 316 g/mol. The number of benzene rings is 4. The average molecular weight is 336 g/mol. The Morgan fingerprint density at radius 3 is 1.73 bits per heavy atom. The van der Waals surface area contributed by atoms with Gasteiger partial charge in [0.2, 0.25) is 0 Å².